The Balaban J connectivity index is 1.87. The minimum atomic E-state index is -0.100. The number of rotatable bonds is 3. The number of nitrogens with one attached hydrogen (secondary N) is 2. The van der Waals surface area contributed by atoms with Crippen molar-refractivity contribution >= 4 is 17.5 Å². The standard InChI is InChI=1S/C16H19ClN4O/c1-21-10-13(16(22)19-11-5-4-8-18-9-11)15(20-21)12-6-2-3-7-14(12)17/h2-3,6-7,10-11,18H,4-5,8-9H2,1H3,(H,19,22)/t11-/m0/s1. The average molecular weight is 319 g/mol. The number of aromatic nitrogens is 2. The summed E-state index contributed by atoms with van der Waals surface area (Å²) in [5, 5.41) is 11.4. The van der Waals surface area contributed by atoms with Crippen LogP contribution in [0.1, 0.15) is 23.2 Å². The van der Waals surface area contributed by atoms with Gasteiger partial charge >= 0.3 is 0 Å². The van der Waals surface area contributed by atoms with E-state index in [1.807, 2.05) is 18.2 Å². The molecular weight excluding hydrogens is 300 g/mol. The van der Waals surface area contributed by atoms with E-state index in [4.69, 9.17) is 11.6 Å². The lowest BCUT2D eigenvalue weighted by atomic mass is 10.1. The first-order valence-corrected chi connectivity index (χ1v) is 7.83. The molecule has 1 aliphatic heterocycles. The van der Waals surface area contributed by atoms with E-state index in [2.05, 4.69) is 15.7 Å². The fourth-order valence-corrected chi connectivity index (χ4v) is 2.97. The molecule has 2 aromatic rings. The highest BCUT2D eigenvalue weighted by Crippen LogP contribution is 2.29. The maximum absolute atomic E-state index is 12.6. The molecule has 1 saturated heterocycles. The number of carbonyl (C=O) groups excluding carboxylic acids is 1. The molecular formula is C16H19ClN4O. The smallest absolute Gasteiger partial charge is 0.255 e. The second-order valence-corrected chi connectivity index (χ2v) is 5.97. The van der Waals surface area contributed by atoms with Gasteiger partial charge in [0, 0.05) is 31.4 Å². The van der Waals surface area contributed by atoms with Crippen molar-refractivity contribution in [2.45, 2.75) is 18.9 Å². The van der Waals surface area contributed by atoms with Crippen molar-refractivity contribution in [1.29, 1.82) is 0 Å². The highest BCUT2D eigenvalue weighted by Gasteiger charge is 2.22. The number of carbonyl (C=O) groups is 1. The Morgan fingerprint density at radius 2 is 2.27 bits per heavy atom. The predicted octanol–water partition coefficient (Wildman–Crippen LogP) is 2.22. The number of hydrogen-bond donors (Lipinski definition) is 2. The second kappa shape index (κ2) is 6.50. The Hall–Kier alpha value is -1.85. The molecule has 1 atom stereocenters. The molecule has 0 radical (unpaired) electrons. The Labute approximate surface area is 134 Å². The molecule has 2 N–H and O–H groups in total. The summed E-state index contributed by atoms with van der Waals surface area (Å²) in [5.41, 5.74) is 1.95. The van der Waals surface area contributed by atoms with Crippen molar-refractivity contribution in [3.05, 3.63) is 41.0 Å². The minimum Gasteiger partial charge on any atom is -0.348 e. The van der Waals surface area contributed by atoms with E-state index >= 15 is 0 Å². The van der Waals surface area contributed by atoms with Gasteiger partial charge in [0.15, 0.2) is 0 Å². The molecule has 6 heteroatoms. The summed E-state index contributed by atoms with van der Waals surface area (Å²) in [7, 11) is 1.80. The van der Waals surface area contributed by atoms with E-state index in [-0.39, 0.29) is 11.9 Å². The van der Waals surface area contributed by atoms with Gasteiger partial charge < -0.3 is 10.6 Å². The van der Waals surface area contributed by atoms with E-state index in [0.717, 1.165) is 31.5 Å². The van der Waals surface area contributed by atoms with Crippen LogP contribution >= 0.6 is 11.6 Å². The molecule has 0 unspecified atom stereocenters. The zero-order valence-corrected chi connectivity index (χ0v) is 13.2. The fourth-order valence-electron chi connectivity index (χ4n) is 2.74. The van der Waals surface area contributed by atoms with Gasteiger partial charge in [-0.2, -0.15) is 5.10 Å². The SMILES string of the molecule is Cn1cc(C(=O)N[C@H]2CCCNC2)c(-c2ccccc2Cl)n1. The van der Waals surface area contributed by atoms with Crippen LogP contribution in [0.15, 0.2) is 30.5 Å². The number of nitrogens with zero attached hydrogens (tertiary/aromatic N) is 2. The lowest BCUT2D eigenvalue weighted by molar-refractivity contribution is 0.0931. The molecule has 1 aliphatic rings. The van der Waals surface area contributed by atoms with Gasteiger partial charge in [-0.05, 0) is 25.5 Å². The molecule has 3 rings (SSSR count). The van der Waals surface area contributed by atoms with Crippen molar-refractivity contribution < 1.29 is 4.79 Å². The van der Waals surface area contributed by atoms with E-state index in [1.165, 1.54) is 0 Å². The Morgan fingerprint density at radius 3 is 3.00 bits per heavy atom. The van der Waals surface area contributed by atoms with Crippen LogP contribution in [0, 0.1) is 0 Å². The first-order valence-electron chi connectivity index (χ1n) is 7.45. The van der Waals surface area contributed by atoms with Crippen LogP contribution in [0.3, 0.4) is 0 Å². The van der Waals surface area contributed by atoms with Crippen LogP contribution in [-0.4, -0.2) is 34.8 Å². The van der Waals surface area contributed by atoms with Gasteiger partial charge in [-0.15, -0.1) is 0 Å². The summed E-state index contributed by atoms with van der Waals surface area (Å²) in [5.74, 6) is -0.100. The van der Waals surface area contributed by atoms with Crippen molar-refractivity contribution in [3.63, 3.8) is 0 Å². The lowest BCUT2D eigenvalue weighted by Gasteiger charge is -2.23. The molecule has 0 bridgehead atoms. The summed E-state index contributed by atoms with van der Waals surface area (Å²) in [6.07, 6.45) is 3.82. The lowest BCUT2D eigenvalue weighted by Crippen LogP contribution is -2.45. The number of piperidine rings is 1. The predicted molar refractivity (Wildman–Crippen MR) is 87.0 cm³/mol. The topological polar surface area (TPSA) is 59.0 Å². The number of benzene rings is 1. The molecule has 0 spiro atoms. The first kappa shape index (κ1) is 15.1. The zero-order chi connectivity index (χ0) is 15.5. The third-order valence-electron chi connectivity index (χ3n) is 3.83. The van der Waals surface area contributed by atoms with Gasteiger partial charge in [0.1, 0.15) is 5.69 Å². The van der Waals surface area contributed by atoms with Gasteiger partial charge in [-0.1, -0.05) is 29.8 Å². The monoisotopic (exact) mass is 318 g/mol. The maximum atomic E-state index is 12.6. The molecule has 116 valence electrons. The highest BCUT2D eigenvalue weighted by molar-refractivity contribution is 6.33. The van der Waals surface area contributed by atoms with Crippen molar-refractivity contribution in [1.82, 2.24) is 20.4 Å². The fraction of sp³-hybridized carbons (Fsp3) is 0.375. The molecule has 1 amide bonds. The van der Waals surface area contributed by atoms with Crippen molar-refractivity contribution in [3.8, 4) is 11.3 Å². The van der Waals surface area contributed by atoms with Crippen LogP contribution in [-0.2, 0) is 7.05 Å². The van der Waals surface area contributed by atoms with E-state index in [9.17, 15) is 4.79 Å². The van der Waals surface area contributed by atoms with E-state index in [1.54, 1.807) is 24.0 Å². The third kappa shape index (κ3) is 3.15. The van der Waals surface area contributed by atoms with Gasteiger partial charge in [0.2, 0.25) is 0 Å². The summed E-state index contributed by atoms with van der Waals surface area (Å²) < 4.78 is 1.65. The summed E-state index contributed by atoms with van der Waals surface area (Å²) >= 11 is 6.25. The minimum absolute atomic E-state index is 0.100. The number of aryl methyl sites for hydroxylation is 1. The molecule has 0 aliphatic carbocycles. The highest BCUT2D eigenvalue weighted by atomic mass is 35.5. The molecule has 1 fully saturated rings. The van der Waals surface area contributed by atoms with E-state index < -0.39 is 0 Å². The zero-order valence-electron chi connectivity index (χ0n) is 12.5. The Bertz CT molecular complexity index is 677. The number of halogens is 1. The number of hydrogen-bond acceptors (Lipinski definition) is 3. The third-order valence-corrected chi connectivity index (χ3v) is 4.16. The van der Waals surface area contributed by atoms with Gasteiger partial charge in [-0.3, -0.25) is 9.48 Å². The van der Waals surface area contributed by atoms with Crippen molar-refractivity contribution in [2.75, 3.05) is 13.1 Å². The van der Waals surface area contributed by atoms with Crippen LogP contribution in [0.5, 0.6) is 0 Å². The molecule has 22 heavy (non-hydrogen) atoms. The molecule has 1 aromatic heterocycles. The first-order chi connectivity index (χ1) is 10.6. The van der Waals surface area contributed by atoms with Crippen LogP contribution < -0.4 is 10.6 Å². The Kier molecular flexibility index (Phi) is 4.45. The van der Waals surface area contributed by atoms with Crippen LogP contribution in [0.4, 0.5) is 0 Å². The normalized spacial score (nSPS) is 18.2. The number of amides is 1. The summed E-state index contributed by atoms with van der Waals surface area (Å²) in [4.78, 5) is 12.6. The average Bonchev–Trinajstić information content (AvgIpc) is 2.90. The summed E-state index contributed by atoms with van der Waals surface area (Å²) in [6.45, 7) is 1.83. The van der Waals surface area contributed by atoms with Crippen LogP contribution in [0.25, 0.3) is 11.3 Å². The maximum Gasteiger partial charge on any atom is 0.255 e. The molecule has 5 nitrogen and oxygen atoms in total. The largest absolute Gasteiger partial charge is 0.348 e. The second-order valence-electron chi connectivity index (χ2n) is 5.56. The van der Waals surface area contributed by atoms with Gasteiger partial charge in [0.25, 0.3) is 5.91 Å². The summed E-state index contributed by atoms with van der Waals surface area (Å²) in [6, 6.07) is 7.60. The molecule has 0 saturated carbocycles. The van der Waals surface area contributed by atoms with Gasteiger partial charge in [0.05, 0.1) is 10.6 Å². The van der Waals surface area contributed by atoms with E-state index in [0.29, 0.717) is 16.3 Å². The Morgan fingerprint density at radius 1 is 1.45 bits per heavy atom. The molecule has 2 heterocycles. The van der Waals surface area contributed by atoms with Gasteiger partial charge in [-0.25, -0.2) is 0 Å². The van der Waals surface area contributed by atoms with Crippen LogP contribution in [0.2, 0.25) is 5.02 Å². The quantitative estimate of drug-likeness (QED) is 0.912. The van der Waals surface area contributed by atoms with Crippen molar-refractivity contribution in [2.24, 2.45) is 7.05 Å². The molecule has 1 aromatic carbocycles.